The van der Waals surface area contributed by atoms with Crippen molar-refractivity contribution in [1.29, 1.82) is 0 Å². The van der Waals surface area contributed by atoms with Gasteiger partial charge in [0.2, 0.25) is 0 Å². The van der Waals surface area contributed by atoms with Gasteiger partial charge >= 0.3 is 6.18 Å². The SMILES string of the molecule is Fc1ccc(C2CCN(Cc3ccn4c(CCC5CC5)nnc4c3C(F)(F)F)CC2)c(F)c1. The van der Waals surface area contributed by atoms with Gasteiger partial charge in [-0.05, 0) is 67.4 Å². The van der Waals surface area contributed by atoms with Crippen LogP contribution in [-0.2, 0) is 19.1 Å². The summed E-state index contributed by atoms with van der Waals surface area (Å²) in [5.74, 6) is -0.0338. The average Bonchev–Trinajstić information content (AvgIpc) is 3.51. The van der Waals surface area contributed by atoms with Crippen molar-refractivity contribution in [3.05, 3.63) is 64.6 Å². The van der Waals surface area contributed by atoms with E-state index in [1.807, 2.05) is 4.90 Å². The smallest absolute Gasteiger partial charge is 0.299 e. The number of halogens is 5. The molecule has 1 aromatic carbocycles. The Kier molecular flexibility index (Phi) is 5.84. The number of hydrogen-bond donors (Lipinski definition) is 0. The molecule has 33 heavy (non-hydrogen) atoms. The van der Waals surface area contributed by atoms with E-state index < -0.39 is 23.4 Å². The van der Waals surface area contributed by atoms with E-state index in [0.717, 1.165) is 12.5 Å². The van der Waals surface area contributed by atoms with Gasteiger partial charge in [0, 0.05) is 25.2 Å². The van der Waals surface area contributed by atoms with Crippen molar-refractivity contribution < 1.29 is 22.0 Å². The predicted molar refractivity (Wildman–Crippen MR) is 113 cm³/mol. The quantitative estimate of drug-likeness (QED) is 0.436. The van der Waals surface area contributed by atoms with Crippen LogP contribution in [0.5, 0.6) is 0 Å². The van der Waals surface area contributed by atoms with Gasteiger partial charge < -0.3 is 0 Å². The average molecular weight is 464 g/mol. The van der Waals surface area contributed by atoms with Crippen molar-refractivity contribution in [3.8, 4) is 0 Å². The normalized spacial score (nSPS) is 18.3. The molecule has 1 saturated heterocycles. The van der Waals surface area contributed by atoms with Crippen LogP contribution < -0.4 is 0 Å². The fraction of sp³-hybridized carbons (Fsp3) is 0.500. The summed E-state index contributed by atoms with van der Waals surface area (Å²) in [5, 5.41) is 7.96. The largest absolute Gasteiger partial charge is 0.420 e. The number of nitrogens with zero attached hydrogens (tertiary/aromatic N) is 4. The van der Waals surface area contributed by atoms with Gasteiger partial charge in [-0.15, -0.1) is 10.2 Å². The van der Waals surface area contributed by atoms with Gasteiger partial charge in [0.05, 0.1) is 0 Å². The highest BCUT2D eigenvalue weighted by Gasteiger charge is 2.38. The second kappa shape index (κ2) is 8.66. The second-order valence-electron chi connectivity index (χ2n) is 9.22. The van der Waals surface area contributed by atoms with Gasteiger partial charge in [-0.3, -0.25) is 9.30 Å². The molecular formula is C24H25F5N4. The van der Waals surface area contributed by atoms with Crippen molar-refractivity contribution >= 4 is 5.65 Å². The van der Waals surface area contributed by atoms with Crippen LogP contribution >= 0.6 is 0 Å². The van der Waals surface area contributed by atoms with Crippen molar-refractivity contribution in [3.63, 3.8) is 0 Å². The summed E-state index contributed by atoms with van der Waals surface area (Å²) in [6.45, 7) is 1.20. The van der Waals surface area contributed by atoms with Crippen molar-refractivity contribution in [1.82, 2.24) is 19.5 Å². The van der Waals surface area contributed by atoms with E-state index in [4.69, 9.17) is 0 Å². The first-order valence-corrected chi connectivity index (χ1v) is 11.4. The molecule has 0 radical (unpaired) electrons. The summed E-state index contributed by atoms with van der Waals surface area (Å²) in [6, 6.07) is 5.11. The number of alkyl halides is 3. The van der Waals surface area contributed by atoms with Gasteiger partial charge in [0.25, 0.3) is 0 Å². The third-order valence-corrected chi connectivity index (χ3v) is 6.88. The summed E-state index contributed by atoms with van der Waals surface area (Å²) in [4.78, 5) is 1.95. The third kappa shape index (κ3) is 4.74. The molecule has 3 aromatic rings. The molecule has 1 saturated carbocycles. The maximum absolute atomic E-state index is 14.1. The Morgan fingerprint density at radius 2 is 1.73 bits per heavy atom. The zero-order valence-corrected chi connectivity index (χ0v) is 18.1. The topological polar surface area (TPSA) is 33.4 Å². The Hall–Kier alpha value is -2.55. The molecule has 0 spiro atoms. The molecule has 176 valence electrons. The van der Waals surface area contributed by atoms with E-state index in [-0.39, 0.29) is 23.7 Å². The number of fused-ring (bicyclic) bond motifs is 1. The number of aromatic nitrogens is 3. The maximum atomic E-state index is 14.1. The number of aryl methyl sites for hydroxylation is 1. The first kappa shape index (κ1) is 22.3. The Balaban J connectivity index is 1.33. The van der Waals surface area contributed by atoms with Crippen LogP contribution in [0.15, 0.2) is 30.5 Å². The lowest BCUT2D eigenvalue weighted by atomic mass is 9.89. The minimum atomic E-state index is -4.55. The third-order valence-electron chi connectivity index (χ3n) is 6.88. The Morgan fingerprint density at radius 3 is 2.39 bits per heavy atom. The lowest BCUT2D eigenvalue weighted by Crippen LogP contribution is -2.33. The Bertz CT molecular complexity index is 1140. The van der Waals surface area contributed by atoms with Crippen LogP contribution in [0.1, 0.15) is 60.5 Å². The second-order valence-corrected chi connectivity index (χ2v) is 9.22. The van der Waals surface area contributed by atoms with Gasteiger partial charge in [-0.2, -0.15) is 13.2 Å². The molecule has 5 rings (SSSR count). The molecule has 0 atom stereocenters. The maximum Gasteiger partial charge on any atom is 0.420 e. The predicted octanol–water partition coefficient (Wildman–Crippen LogP) is 5.75. The summed E-state index contributed by atoms with van der Waals surface area (Å²) >= 11 is 0. The molecule has 9 heteroatoms. The van der Waals surface area contributed by atoms with Crippen LogP contribution in [0.25, 0.3) is 5.65 Å². The number of likely N-dealkylation sites (tertiary alicyclic amines) is 1. The highest BCUT2D eigenvalue weighted by atomic mass is 19.4. The summed E-state index contributed by atoms with van der Waals surface area (Å²) in [7, 11) is 0. The molecule has 0 unspecified atom stereocenters. The fourth-order valence-corrected chi connectivity index (χ4v) is 4.87. The molecule has 3 heterocycles. The van der Waals surface area contributed by atoms with E-state index in [1.54, 1.807) is 6.20 Å². The number of rotatable bonds is 6. The molecular weight excluding hydrogens is 439 g/mol. The minimum Gasteiger partial charge on any atom is -0.299 e. The zero-order valence-electron chi connectivity index (χ0n) is 18.1. The first-order valence-electron chi connectivity index (χ1n) is 11.4. The van der Waals surface area contributed by atoms with Crippen LogP contribution in [0.2, 0.25) is 0 Å². The summed E-state index contributed by atoms with van der Waals surface area (Å²) in [5.41, 5.74) is -0.242. The lowest BCUT2D eigenvalue weighted by molar-refractivity contribution is -0.137. The number of pyridine rings is 1. The highest BCUT2D eigenvalue weighted by Crippen LogP contribution is 2.37. The molecule has 2 aromatic heterocycles. The standard InChI is InChI=1S/C24H25F5N4/c25-18-4-5-19(20(26)13-18)16-7-10-32(11-8-16)14-17-9-12-33-21(6-3-15-1-2-15)30-31-23(33)22(17)24(27,28)29/h4-5,9,12-13,15-16H,1-3,6-8,10-11,14H2. The van der Waals surface area contributed by atoms with Gasteiger partial charge in [-0.1, -0.05) is 18.9 Å². The molecule has 2 fully saturated rings. The van der Waals surface area contributed by atoms with E-state index in [9.17, 15) is 22.0 Å². The zero-order chi connectivity index (χ0) is 23.2. The van der Waals surface area contributed by atoms with Crippen molar-refractivity contribution in [2.24, 2.45) is 5.92 Å². The van der Waals surface area contributed by atoms with E-state index in [0.29, 0.717) is 49.7 Å². The van der Waals surface area contributed by atoms with Crippen LogP contribution in [0.4, 0.5) is 22.0 Å². The van der Waals surface area contributed by atoms with E-state index in [2.05, 4.69) is 10.2 Å². The molecule has 4 nitrogen and oxygen atoms in total. The molecule has 0 N–H and O–H groups in total. The number of hydrogen-bond acceptors (Lipinski definition) is 3. The Labute approximate surface area is 188 Å². The van der Waals surface area contributed by atoms with Crippen LogP contribution in [-0.4, -0.2) is 32.6 Å². The van der Waals surface area contributed by atoms with Crippen molar-refractivity contribution in [2.75, 3.05) is 13.1 Å². The highest BCUT2D eigenvalue weighted by molar-refractivity contribution is 5.53. The lowest BCUT2D eigenvalue weighted by Gasteiger charge is -2.33. The minimum absolute atomic E-state index is 0.0723. The summed E-state index contributed by atoms with van der Waals surface area (Å²) < 4.78 is 71.0. The molecule has 0 amide bonds. The molecule has 1 aliphatic carbocycles. The van der Waals surface area contributed by atoms with Crippen LogP contribution in [0, 0.1) is 17.6 Å². The van der Waals surface area contributed by atoms with Crippen molar-refractivity contribution in [2.45, 2.75) is 57.2 Å². The Morgan fingerprint density at radius 1 is 0.970 bits per heavy atom. The molecule has 2 aliphatic rings. The number of benzene rings is 1. The molecule has 0 bridgehead atoms. The van der Waals surface area contributed by atoms with Gasteiger partial charge in [0.1, 0.15) is 23.0 Å². The molecule has 1 aliphatic heterocycles. The van der Waals surface area contributed by atoms with Gasteiger partial charge in [0.15, 0.2) is 5.65 Å². The fourth-order valence-electron chi connectivity index (χ4n) is 4.87. The van der Waals surface area contributed by atoms with Gasteiger partial charge in [-0.25, -0.2) is 8.78 Å². The van der Waals surface area contributed by atoms with E-state index in [1.165, 1.54) is 35.4 Å². The van der Waals surface area contributed by atoms with Crippen LogP contribution in [0.3, 0.4) is 0 Å². The number of piperidine rings is 1. The first-order chi connectivity index (χ1) is 15.8. The van der Waals surface area contributed by atoms with E-state index >= 15 is 0 Å². The monoisotopic (exact) mass is 464 g/mol. The summed E-state index contributed by atoms with van der Waals surface area (Å²) in [6.07, 6.45) is 2.20.